The standard InChI is InChI=1S/C16H26N2O/c1-16(13-17-2)9-11-18(14-16)10-6-12-19-15-7-4-3-5-8-15/h3-5,7-8,17H,6,9-14H2,1-2H3. The summed E-state index contributed by atoms with van der Waals surface area (Å²) < 4.78 is 5.73. The molecule has 1 heterocycles. The van der Waals surface area contributed by atoms with E-state index in [9.17, 15) is 0 Å². The molecule has 0 amide bonds. The van der Waals surface area contributed by atoms with Crippen molar-refractivity contribution >= 4 is 0 Å². The third-order valence-corrected chi connectivity index (χ3v) is 3.87. The SMILES string of the molecule is CNCC1(C)CCN(CCCOc2ccccc2)C1. The predicted molar refractivity (Wildman–Crippen MR) is 79.6 cm³/mol. The van der Waals surface area contributed by atoms with Crippen molar-refractivity contribution in [3.05, 3.63) is 30.3 Å². The molecule has 19 heavy (non-hydrogen) atoms. The highest BCUT2D eigenvalue weighted by Crippen LogP contribution is 2.28. The summed E-state index contributed by atoms with van der Waals surface area (Å²) in [5, 5.41) is 3.31. The van der Waals surface area contributed by atoms with Crippen molar-refractivity contribution in [3.63, 3.8) is 0 Å². The minimum Gasteiger partial charge on any atom is -0.494 e. The van der Waals surface area contributed by atoms with Gasteiger partial charge in [-0.15, -0.1) is 0 Å². The molecule has 0 bridgehead atoms. The summed E-state index contributed by atoms with van der Waals surface area (Å²) in [6, 6.07) is 10.1. The quantitative estimate of drug-likeness (QED) is 0.764. The van der Waals surface area contributed by atoms with Gasteiger partial charge in [-0.05, 0) is 44.0 Å². The number of hydrogen-bond acceptors (Lipinski definition) is 3. The van der Waals surface area contributed by atoms with Gasteiger partial charge in [0.05, 0.1) is 6.61 Å². The third-order valence-electron chi connectivity index (χ3n) is 3.87. The Hall–Kier alpha value is -1.06. The summed E-state index contributed by atoms with van der Waals surface area (Å²) in [6.45, 7) is 7.88. The van der Waals surface area contributed by atoms with Crippen molar-refractivity contribution in [2.75, 3.05) is 39.8 Å². The Bertz CT molecular complexity index is 368. The highest BCUT2D eigenvalue weighted by molar-refractivity contribution is 5.20. The summed E-state index contributed by atoms with van der Waals surface area (Å²) in [6.07, 6.45) is 2.40. The molecule has 1 saturated heterocycles. The zero-order valence-electron chi connectivity index (χ0n) is 12.2. The summed E-state index contributed by atoms with van der Waals surface area (Å²) in [7, 11) is 2.04. The summed E-state index contributed by atoms with van der Waals surface area (Å²) in [5.74, 6) is 0.976. The number of hydrogen-bond donors (Lipinski definition) is 1. The van der Waals surface area contributed by atoms with Gasteiger partial charge in [-0.25, -0.2) is 0 Å². The molecule has 3 heteroatoms. The van der Waals surface area contributed by atoms with Crippen LogP contribution in [0.3, 0.4) is 0 Å². The topological polar surface area (TPSA) is 24.5 Å². The van der Waals surface area contributed by atoms with Crippen molar-refractivity contribution in [1.82, 2.24) is 10.2 Å². The first-order valence-electron chi connectivity index (χ1n) is 7.27. The molecule has 1 N–H and O–H groups in total. The minimum absolute atomic E-state index is 0.453. The highest BCUT2D eigenvalue weighted by Gasteiger charge is 2.32. The molecule has 1 aliphatic heterocycles. The number of rotatable bonds is 7. The van der Waals surface area contributed by atoms with Gasteiger partial charge in [-0.2, -0.15) is 0 Å². The van der Waals surface area contributed by atoms with E-state index in [1.54, 1.807) is 0 Å². The number of ether oxygens (including phenoxy) is 1. The van der Waals surface area contributed by atoms with E-state index in [0.717, 1.165) is 31.9 Å². The van der Waals surface area contributed by atoms with Gasteiger partial charge in [-0.1, -0.05) is 25.1 Å². The molecule has 1 unspecified atom stereocenters. The Morgan fingerprint density at radius 2 is 2.11 bits per heavy atom. The van der Waals surface area contributed by atoms with Crippen LogP contribution < -0.4 is 10.1 Å². The maximum atomic E-state index is 5.73. The number of benzene rings is 1. The normalized spacial score (nSPS) is 23.7. The summed E-state index contributed by atoms with van der Waals surface area (Å²) >= 11 is 0. The molecule has 2 rings (SSSR count). The Morgan fingerprint density at radius 3 is 2.84 bits per heavy atom. The second-order valence-electron chi connectivity index (χ2n) is 5.88. The van der Waals surface area contributed by atoms with Crippen LogP contribution in [-0.2, 0) is 0 Å². The Balaban J connectivity index is 1.62. The van der Waals surface area contributed by atoms with Crippen molar-refractivity contribution in [2.45, 2.75) is 19.8 Å². The molecule has 0 spiro atoms. The molecule has 1 aromatic rings. The van der Waals surface area contributed by atoms with Gasteiger partial charge in [0.15, 0.2) is 0 Å². The smallest absolute Gasteiger partial charge is 0.119 e. The average Bonchev–Trinajstić information content (AvgIpc) is 2.78. The zero-order chi connectivity index (χ0) is 13.6. The molecule has 1 atom stereocenters. The zero-order valence-corrected chi connectivity index (χ0v) is 12.2. The summed E-state index contributed by atoms with van der Waals surface area (Å²) in [5.41, 5.74) is 0.453. The molecule has 106 valence electrons. The summed E-state index contributed by atoms with van der Waals surface area (Å²) in [4.78, 5) is 2.56. The van der Waals surface area contributed by atoms with Crippen molar-refractivity contribution in [2.24, 2.45) is 5.41 Å². The second-order valence-corrected chi connectivity index (χ2v) is 5.88. The van der Waals surface area contributed by atoms with Gasteiger partial charge >= 0.3 is 0 Å². The first-order chi connectivity index (χ1) is 9.22. The van der Waals surface area contributed by atoms with Crippen LogP contribution in [0.2, 0.25) is 0 Å². The fraction of sp³-hybridized carbons (Fsp3) is 0.625. The average molecular weight is 262 g/mol. The molecular formula is C16H26N2O. The molecule has 0 aliphatic carbocycles. The van der Waals surface area contributed by atoms with E-state index in [0.29, 0.717) is 5.41 Å². The van der Waals surface area contributed by atoms with E-state index in [1.165, 1.54) is 19.5 Å². The van der Waals surface area contributed by atoms with Gasteiger partial charge in [0.25, 0.3) is 0 Å². The van der Waals surface area contributed by atoms with Gasteiger partial charge in [0, 0.05) is 19.6 Å². The van der Waals surface area contributed by atoms with E-state index in [-0.39, 0.29) is 0 Å². The second kappa shape index (κ2) is 6.92. The van der Waals surface area contributed by atoms with Gasteiger partial charge in [0.2, 0.25) is 0 Å². The van der Waals surface area contributed by atoms with E-state index in [2.05, 4.69) is 17.1 Å². The monoisotopic (exact) mass is 262 g/mol. The van der Waals surface area contributed by atoms with Gasteiger partial charge < -0.3 is 15.0 Å². The fourth-order valence-corrected chi connectivity index (χ4v) is 2.88. The molecule has 0 aromatic heterocycles. The van der Waals surface area contributed by atoms with E-state index >= 15 is 0 Å². The molecule has 1 aliphatic rings. The fourth-order valence-electron chi connectivity index (χ4n) is 2.88. The Morgan fingerprint density at radius 1 is 1.32 bits per heavy atom. The van der Waals surface area contributed by atoms with Crippen LogP contribution in [-0.4, -0.2) is 44.7 Å². The Kier molecular flexibility index (Phi) is 5.23. The minimum atomic E-state index is 0.453. The van der Waals surface area contributed by atoms with Crippen molar-refractivity contribution in [1.29, 1.82) is 0 Å². The number of nitrogens with one attached hydrogen (secondary N) is 1. The van der Waals surface area contributed by atoms with Crippen LogP contribution in [0.5, 0.6) is 5.75 Å². The van der Waals surface area contributed by atoms with Crippen LogP contribution in [0.25, 0.3) is 0 Å². The van der Waals surface area contributed by atoms with Gasteiger partial charge in [-0.3, -0.25) is 0 Å². The number of para-hydroxylation sites is 1. The lowest BCUT2D eigenvalue weighted by Gasteiger charge is -2.24. The molecule has 3 nitrogen and oxygen atoms in total. The van der Waals surface area contributed by atoms with E-state index in [1.807, 2.05) is 37.4 Å². The molecule has 1 aromatic carbocycles. The van der Waals surface area contributed by atoms with Crippen molar-refractivity contribution < 1.29 is 4.74 Å². The molecule has 1 fully saturated rings. The van der Waals surface area contributed by atoms with Crippen LogP contribution in [0.4, 0.5) is 0 Å². The van der Waals surface area contributed by atoms with Gasteiger partial charge in [0.1, 0.15) is 5.75 Å². The molecule has 0 radical (unpaired) electrons. The van der Waals surface area contributed by atoms with E-state index in [4.69, 9.17) is 4.74 Å². The van der Waals surface area contributed by atoms with E-state index < -0.39 is 0 Å². The molecule has 0 saturated carbocycles. The first kappa shape index (κ1) is 14.4. The number of nitrogens with zero attached hydrogens (tertiary/aromatic N) is 1. The predicted octanol–water partition coefficient (Wildman–Crippen LogP) is 2.39. The lowest BCUT2D eigenvalue weighted by atomic mass is 9.90. The van der Waals surface area contributed by atoms with Crippen LogP contribution in [0, 0.1) is 5.41 Å². The number of likely N-dealkylation sites (tertiary alicyclic amines) is 1. The Labute approximate surface area is 116 Å². The lowest BCUT2D eigenvalue weighted by Crippen LogP contribution is -2.33. The van der Waals surface area contributed by atoms with Crippen LogP contribution in [0.1, 0.15) is 19.8 Å². The molecular weight excluding hydrogens is 236 g/mol. The highest BCUT2D eigenvalue weighted by atomic mass is 16.5. The lowest BCUT2D eigenvalue weighted by molar-refractivity contribution is 0.239. The largest absolute Gasteiger partial charge is 0.494 e. The van der Waals surface area contributed by atoms with Crippen molar-refractivity contribution in [3.8, 4) is 5.75 Å². The maximum absolute atomic E-state index is 5.73. The van der Waals surface area contributed by atoms with Crippen LogP contribution in [0.15, 0.2) is 30.3 Å². The third kappa shape index (κ3) is 4.51. The maximum Gasteiger partial charge on any atom is 0.119 e. The first-order valence-corrected chi connectivity index (χ1v) is 7.27. The van der Waals surface area contributed by atoms with Crippen LogP contribution >= 0.6 is 0 Å².